The molecule has 0 aliphatic heterocycles. The molecule has 0 aromatic heterocycles. The van der Waals surface area contributed by atoms with Crippen molar-refractivity contribution >= 4 is 35.2 Å². The molecule has 2 rings (SSSR count). The molecular formula is C19H15ClN2O5. The van der Waals surface area contributed by atoms with Crippen molar-refractivity contribution in [3.8, 4) is 17.6 Å². The van der Waals surface area contributed by atoms with Gasteiger partial charge in [-0.2, -0.15) is 5.26 Å². The summed E-state index contributed by atoms with van der Waals surface area (Å²) in [6.45, 7) is -0.517. The number of nitrogens with one attached hydrogen (secondary N) is 1. The number of nitriles is 1. The van der Waals surface area contributed by atoms with Crippen LogP contribution >= 0.6 is 11.6 Å². The number of methoxy groups -OCH3 is 1. The number of hydrogen-bond donors (Lipinski definition) is 2. The number of anilines is 1. The highest BCUT2D eigenvalue weighted by atomic mass is 35.5. The maximum absolute atomic E-state index is 12.3. The molecule has 0 spiro atoms. The van der Waals surface area contributed by atoms with E-state index in [2.05, 4.69) is 5.32 Å². The van der Waals surface area contributed by atoms with Crippen molar-refractivity contribution in [2.45, 2.75) is 0 Å². The Balaban J connectivity index is 2.22. The normalized spacial score (nSPS) is 10.6. The first-order valence-corrected chi connectivity index (χ1v) is 8.02. The summed E-state index contributed by atoms with van der Waals surface area (Å²) < 4.78 is 10.3. The lowest BCUT2D eigenvalue weighted by Crippen LogP contribution is -2.13. The lowest BCUT2D eigenvalue weighted by atomic mass is 10.1. The number of carbonyl (C=O) groups excluding carboxylic acids is 1. The first-order valence-electron chi connectivity index (χ1n) is 7.64. The molecular weight excluding hydrogens is 372 g/mol. The molecule has 138 valence electrons. The smallest absolute Gasteiger partial charge is 0.341 e. The number of aliphatic carboxylic acids is 1. The van der Waals surface area contributed by atoms with Crippen molar-refractivity contribution in [1.29, 1.82) is 5.26 Å². The number of carbonyl (C=O) groups is 2. The van der Waals surface area contributed by atoms with Crippen molar-refractivity contribution in [3.63, 3.8) is 0 Å². The second-order valence-electron chi connectivity index (χ2n) is 5.23. The summed E-state index contributed by atoms with van der Waals surface area (Å²) >= 11 is 5.87. The molecule has 2 N–H and O–H groups in total. The van der Waals surface area contributed by atoms with Gasteiger partial charge in [-0.15, -0.1) is 0 Å². The van der Waals surface area contributed by atoms with Gasteiger partial charge in [0.1, 0.15) is 11.6 Å². The van der Waals surface area contributed by atoms with Crippen molar-refractivity contribution in [2.75, 3.05) is 19.0 Å². The molecule has 0 saturated carbocycles. The zero-order valence-electron chi connectivity index (χ0n) is 14.2. The summed E-state index contributed by atoms with van der Waals surface area (Å²) in [4.78, 5) is 22.9. The van der Waals surface area contributed by atoms with Gasteiger partial charge in [0.2, 0.25) is 0 Å². The maximum atomic E-state index is 12.3. The molecule has 0 heterocycles. The van der Waals surface area contributed by atoms with E-state index in [1.807, 2.05) is 6.07 Å². The number of halogens is 1. The maximum Gasteiger partial charge on any atom is 0.341 e. The van der Waals surface area contributed by atoms with Crippen LogP contribution in [0.3, 0.4) is 0 Å². The van der Waals surface area contributed by atoms with Gasteiger partial charge < -0.3 is 19.9 Å². The van der Waals surface area contributed by atoms with E-state index in [9.17, 15) is 14.9 Å². The molecule has 0 aliphatic carbocycles. The number of carboxylic acid groups (broad SMARTS) is 1. The fraction of sp³-hybridized carbons (Fsp3) is 0.105. The largest absolute Gasteiger partial charge is 0.493 e. The van der Waals surface area contributed by atoms with Crippen molar-refractivity contribution in [3.05, 3.63) is 58.6 Å². The minimum Gasteiger partial charge on any atom is -0.493 e. The first-order chi connectivity index (χ1) is 12.9. The summed E-state index contributed by atoms with van der Waals surface area (Å²) in [6, 6.07) is 13.0. The van der Waals surface area contributed by atoms with Gasteiger partial charge in [0.05, 0.1) is 7.11 Å². The summed E-state index contributed by atoms with van der Waals surface area (Å²) in [5, 5.41) is 21.0. The molecule has 8 heteroatoms. The van der Waals surface area contributed by atoms with Crippen LogP contribution in [-0.2, 0) is 9.59 Å². The second kappa shape index (κ2) is 9.27. The fourth-order valence-electron chi connectivity index (χ4n) is 2.11. The van der Waals surface area contributed by atoms with E-state index in [0.29, 0.717) is 16.3 Å². The molecule has 0 atom stereocenters. The number of rotatable bonds is 7. The minimum absolute atomic E-state index is 0.128. The number of hydrogen-bond acceptors (Lipinski definition) is 5. The standard InChI is InChI=1S/C19H15ClN2O5/c1-26-17-8-12(5-6-16(17)27-11-18(23)24)7-13(10-21)19(25)22-15-4-2-3-14(20)9-15/h2-9H,11H2,1H3,(H,22,25)(H,23,24)/b13-7+. The van der Waals surface area contributed by atoms with Gasteiger partial charge in [0.15, 0.2) is 18.1 Å². The van der Waals surface area contributed by atoms with E-state index < -0.39 is 18.5 Å². The van der Waals surface area contributed by atoms with Gasteiger partial charge >= 0.3 is 5.97 Å². The average Bonchev–Trinajstić information content (AvgIpc) is 2.64. The predicted octanol–water partition coefficient (Wildman–Crippen LogP) is 3.36. The Morgan fingerprint density at radius 3 is 2.67 bits per heavy atom. The summed E-state index contributed by atoms with van der Waals surface area (Å²) in [5.41, 5.74) is 0.840. The summed E-state index contributed by atoms with van der Waals surface area (Å²) in [6.07, 6.45) is 1.38. The third kappa shape index (κ3) is 5.76. The lowest BCUT2D eigenvalue weighted by molar-refractivity contribution is -0.139. The molecule has 0 unspecified atom stereocenters. The van der Waals surface area contributed by atoms with Crippen molar-refractivity contribution in [1.82, 2.24) is 0 Å². The Morgan fingerprint density at radius 1 is 1.26 bits per heavy atom. The molecule has 0 bridgehead atoms. The van der Waals surface area contributed by atoms with Crippen LogP contribution in [0.25, 0.3) is 6.08 Å². The number of ether oxygens (including phenoxy) is 2. The van der Waals surface area contributed by atoms with Gasteiger partial charge in [-0.05, 0) is 42.0 Å². The van der Waals surface area contributed by atoms with E-state index in [0.717, 1.165) is 0 Å². The Morgan fingerprint density at radius 2 is 2.04 bits per heavy atom. The van der Waals surface area contributed by atoms with Gasteiger partial charge in [-0.1, -0.05) is 23.7 Å². The highest BCUT2D eigenvalue weighted by Gasteiger charge is 2.12. The monoisotopic (exact) mass is 386 g/mol. The topological polar surface area (TPSA) is 109 Å². The molecule has 0 aliphatic rings. The first kappa shape index (κ1) is 19.8. The van der Waals surface area contributed by atoms with Crippen LogP contribution < -0.4 is 14.8 Å². The third-order valence-electron chi connectivity index (χ3n) is 3.30. The quantitative estimate of drug-likeness (QED) is 0.558. The zero-order chi connectivity index (χ0) is 19.8. The average molecular weight is 387 g/mol. The zero-order valence-corrected chi connectivity index (χ0v) is 15.0. The van der Waals surface area contributed by atoms with Crippen molar-refractivity contribution in [2.24, 2.45) is 0 Å². The van der Waals surface area contributed by atoms with Crippen LogP contribution in [0.15, 0.2) is 48.0 Å². The molecule has 7 nitrogen and oxygen atoms in total. The van der Waals surface area contributed by atoms with Crippen LogP contribution in [0.4, 0.5) is 5.69 Å². The number of carboxylic acids is 1. The van der Waals surface area contributed by atoms with Gasteiger partial charge in [0.25, 0.3) is 5.91 Å². The summed E-state index contributed by atoms with van der Waals surface area (Å²) in [5.74, 6) is -1.20. The van der Waals surface area contributed by atoms with Crippen LogP contribution in [0.1, 0.15) is 5.56 Å². The molecule has 0 fully saturated rings. The Labute approximate surface area is 160 Å². The van der Waals surface area contributed by atoms with Crippen molar-refractivity contribution < 1.29 is 24.2 Å². The van der Waals surface area contributed by atoms with E-state index >= 15 is 0 Å². The highest BCUT2D eigenvalue weighted by Crippen LogP contribution is 2.29. The van der Waals surface area contributed by atoms with Gasteiger partial charge in [0, 0.05) is 10.7 Å². The van der Waals surface area contributed by atoms with Crippen LogP contribution in [0.5, 0.6) is 11.5 Å². The highest BCUT2D eigenvalue weighted by molar-refractivity contribution is 6.31. The lowest BCUT2D eigenvalue weighted by Gasteiger charge is -2.10. The second-order valence-corrected chi connectivity index (χ2v) is 5.66. The molecule has 2 aromatic rings. The van der Waals surface area contributed by atoms with Crippen LogP contribution in [0, 0.1) is 11.3 Å². The Bertz CT molecular complexity index is 934. The number of amides is 1. The third-order valence-corrected chi connectivity index (χ3v) is 3.53. The van der Waals surface area contributed by atoms with E-state index in [1.165, 1.54) is 25.3 Å². The van der Waals surface area contributed by atoms with Gasteiger partial charge in [-0.25, -0.2) is 4.79 Å². The molecule has 27 heavy (non-hydrogen) atoms. The van der Waals surface area contributed by atoms with E-state index in [1.54, 1.807) is 30.3 Å². The predicted molar refractivity (Wildman–Crippen MR) is 99.8 cm³/mol. The SMILES string of the molecule is COc1cc(/C=C(\C#N)C(=O)Nc2cccc(Cl)c2)ccc1OCC(=O)O. The molecule has 2 aromatic carbocycles. The molecule has 1 amide bonds. The van der Waals surface area contributed by atoms with E-state index in [4.69, 9.17) is 26.2 Å². The Hall–Kier alpha value is -3.50. The molecule has 0 radical (unpaired) electrons. The van der Waals surface area contributed by atoms with Gasteiger partial charge in [-0.3, -0.25) is 4.79 Å². The van der Waals surface area contributed by atoms with Crippen LogP contribution in [0.2, 0.25) is 5.02 Å². The summed E-state index contributed by atoms with van der Waals surface area (Å²) in [7, 11) is 1.40. The van der Waals surface area contributed by atoms with E-state index in [-0.39, 0.29) is 17.1 Å². The van der Waals surface area contributed by atoms with Crippen LogP contribution in [-0.4, -0.2) is 30.7 Å². The molecule has 0 saturated heterocycles. The Kier molecular flexibility index (Phi) is 6.80. The number of benzene rings is 2. The minimum atomic E-state index is -1.12. The fourth-order valence-corrected chi connectivity index (χ4v) is 2.30. The number of nitrogens with zero attached hydrogens (tertiary/aromatic N) is 1.